The van der Waals surface area contributed by atoms with Gasteiger partial charge in [-0.25, -0.2) is 4.39 Å². The first kappa shape index (κ1) is 11.2. The highest BCUT2D eigenvalue weighted by molar-refractivity contribution is 6.30. The van der Waals surface area contributed by atoms with Crippen LogP contribution in [0.5, 0.6) is 0 Å². The van der Waals surface area contributed by atoms with Gasteiger partial charge < -0.3 is 5.73 Å². The molecule has 0 spiro atoms. The van der Waals surface area contributed by atoms with Crippen molar-refractivity contribution in [3.63, 3.8) is 0 Å². The highest BCUT2D eigenvalue weighted by Gasteiger charge is 2.05. The van der Waals surface area contributed by atoms with Crippen molar-refractivity contribution in [1.29, 1.82) is 0 Å². The van der Waals surface area contributed by atoms with Crippen LogP contribution in [-0.4, -0.2) is 0 Å². The van der Waals surface area contributed by atoms with Crippen molar-refractivity contribution >= 4 is 11.6 Å². The third-order valence-corrected chi connectivity index (χ3v) is 2.15. The van der Waals surface area contributed by atoms with Crippen molar-refractivity contribution in [3.8, 4) is 0 Å². The summed E-state index contributed by atoms with van der Waals surface area (Å²) in [5, 5.41) is 0.123. The first-order valence-electron chi connectivity index (χ1n) is 4.36. The second-order valence-corrected chi connectivity index (χ2v) is 3.85. The van der Waals surface area contributed by atoms with Gasteiger partial charge in [-0.05, 0) is 31.5 Å². The summed E-state index contributed by atoms with van der Waals surface area (Å²) in [7, 11) is 0. The molecule has 0 amide bonds. The predicted molar refractivity (Wildman–Crippen MR) is 57.8 cm³/mol. The van der Waals surface area contributed by atoms with Crippen molar-refractivity contribution in [3.05, 3.63) is 46.3 Å². The Kier molecular flexibility index (Phi) is 3.67. The van der Waals surface area contributed by atoms with Crippen LogP contribution in [0.15, 0.2) is 29.8 Å². The van der Waals surface area contributed by atoms with Crippen LogP contribution in [0, 0.1) is 5.82 Å². The summed E-state index contributed by atoms with van der Waals surface area (Å²) < 4.78 is 13.1. The monoisotopic (exact) mass is 213 g/mol. The molecular weight excluding hydrogens is 201 g/mol. The Morgan fingerprint density at radius 3 is 2.64 bits per heavy atom. The van der Waals surface area contributed by atoms with Crippen LogP contribution in [-0.2, 0) is 0 Å². The lowest BCUT2D eigenvalue weighted by Crippen LogP contribution is -2.07. The molecule has 14 heavy (non-hydrogen) atoms. The van der Waals surface area contributed by atoms with Crippen molar-refractivity contribution < 1.29 is 4.39 Å². The number of rotatable bonds is 2. The first-order valence-corrected chi connectivity index (χ1v) is 4.74. The molecule has 1 nitrogen and oxygen atoms in total. The van der Waals surface area contributed by atoms with Crippen LogP contribution in [0.3, 0.4) is 0 Å². The molecular formula is C11H13ClFN. The van der Waals surface area contributed by atoms with Crippen LogP contribution in [0.2, 0.25) is 5.02 Å². The first-order chi connectivity index (χ1) is 6.50. The fourth-order valence-corrected chi connectivity index (χ4v) is 1.29. The zero-order chi connectivity index (χ0) is 10.7. The molecule has 0 bridgehead atoms. The van der Waals surface area contributed by atoms with Crippen LogP contribution in [0.1, 0.15) is 25.5 Å². The van der Waals surface area contributed by atoms with Crippen molar-refractivity contribution in [2.75, 3.05) is 0 Å². The maximum Gasteiger partial charge on any atom is 0.142 e. The van der Waals surface area contributed by atoms with E-state index in [1.165, 1.54) is 12.1 Å². The smallest absolute Gasteiger partial charge is 0.142 e. The quantitative estimate of drug-likeness (QED) is 0.749. The Hall–Kier alpha value is -0.860. The third kappa shape index (κ3) is 2.82. The maximum absolute atomic E-state index is 13.1. The van der Waals surface area contributed by atoms with E-state index in [2.05, 4.69) is 0 Å². The predicted octanol–water partition coefficient (Wildman–Crippen LogP) is 3.45. The van der Waals surface area contributed by atoms with E-state index >= 15 is 0 Å². The van der Waals surface area contributed by atoms with E-state index in [1.54, 1.807) is 6.07 Å². The van der Waals surface area contributed by atoms with E-state index in [-0.39, 0.29) is 11.1 Å². The minimum absolute atomic E-state index is 0.123. The SMILES string of the molecule is CC(C)=CC(N)c1ccc(Cl)c(F)c1. The number of benzene rings is 1. The lowest BCUT2D eigenvalue weighted by atomic mass is 10.1. The van der Waals surface area contributed by atoms with E-state index < -0.39 is 5.82 Å². The van der Waals surface area contributed by atoms with Gasteiger partial charge in [0.15, 0.2) is 0 Å². The molecule has 0 radical (unpaired) electrons. The summed E-state index contributed by atoms with van der Waals surface area (Å²) in [6, 6.07) is 4.35. The highest BCUT2D eigenvalue weighted by atomic mass is 35.5. The Labute approximate surface area is 88.4 Å². The molecule has 3 heteroatoms. The fraction of sp³-hybridized carbons (Fsp3) is 0.273. The molecule has 0 heterocycles. The number of hydrogen-bond donors (Lipinski definition) is 1. The fourth-order valence-electron chi connectivity index (χ4n) is 1.18. The molecule has 1 aromatic rings. The van der Waals surface area contributed by atoms with Gasteiger partial charge >= 0.3 is 0 Å². The Bertz CT molecular complexity index is 356. The molecule has 0 aliphatic carbocycles. The van der Waals surface area contributed by atoms with Crippen molar-refractivity contribution in [2.45, 2.75) is 19.9 Å². The molecule has 76 valence electrons. The maximum atomic E-state index is 13.1. The molecule has 2 N–H and O–H groups in total. The van der Waals surface area contributed by atoms with Crippen LogP contribution < -0.4 is 5.73 Å². The lowest BCUT2D eigenvalue weighted by Gasteiger charge is -2.08. The summed E-state index contributed by atoms with van der Waals surface area (Å²) in [6.45, 7) is 3.90. The molecule has 0 aliphatic rings. The van der Waals surface area contributed by atoms with Gasteiger partial charge in [-0.3, -0.25) is 0 Å². The molecule has 0 saturated heterocycles. The van der Waals surface area contributed by atoms with E-state index in [4.69, 9.17) is 17.3 Å². The largest absolute Gasteiger partial charge is 0.321 e. The zero-order valence-corrected chi connectivity index (χ0v) is 8.98. The van der Waals surface area contributed by atoms with Crippen molar-refractivity contribution in [1.82, 2.24) is 0 Å². The van der Waals surface area contributed by atoms with Gasteiger partial charge in [0, 0.05) is 6.04 Å². The third-order valence-electron chi connectivity index (χ3n) is 1.84. The average Bonchev–Trinajstić information content (AvgIpc) is 2.08. The standard InChI is InChI=1S/C11H13ClFN/c1-7(2)5-11(14)8-3-4-9(12)10(13)6-8/h3-6,11H,14H2,1-2H3. The molecule has 0 fully saturated rings. The molecule has 1 rings (SSSR count). The normalized spacial score (nSPS) is 12.4. The van der Waals surface area contributed by atoms with Gasteiger partial charge in [0.1, 0.15) is 5.82 Å². The number of halogens is 2. The van der Waals surface area contributed by atoms with Crippen molar-refractivity contribution in [2.24, 2.45) is 5.73 Å². The molecule has 1 aromatic carbocycles. The van der Waals surface area contributed by atoms with Crippen LogP contribution >= 0.6 is 11.6 Å². The minimum Gasteiger partial charge on any atom is -0.321 e. The summed E-state index contributed by atoms with van der Waals surface area (Å²) in [5.74, 6) is -0.429. The zero-order valence-electron chi connectivity index (χ0n) is 8.22. The molecule has 0 aliphatic heterocycles. The van der Waals surface area contributed by atoms with Gasteiger partial charge in [-0.2, -0.15) is 0 Å². The molecule has 0 aromatic heterocycles. The van der Waals surface area contributed by atoms with Gasteiger partial charge in [0.2, 0.25) is 0 Å². The van der Waals surface area contributed by atoms with E-state index in [1.807, 2.05) is 19.9 Å². The molecule has 1 atom stereocenters. The highest BCUT2D eigenvalue weighted by Crippen LogP contribution is 2.20. The second-order valence-electron chi connectivity index (χ2n) is 3.44. The average molecular weight is 214 g/mol. The van der Waals surface area contributed by atoms with Crippen LogP contribution in [0.25, 0.3) is 0 Å². The number of nitrogens with two attached hydrogens (primary N) is 1. The van der Waals surface area contributed by atoms with Gasteiger partial charge in [-0.1, -0.05) is 29.3 Å². The Morgan fingerprint density at radius 1 is 1.50 bits per heavy atom. The van der Waals surface area contributed by atoms with E-state index in [0.717, 1.165) is 11.1 Å². The lowest BCUT2D eigenvalue weighted by molar-refractivity contribution is 0.624. The summed E-state index contributed by atoms with van der Waals surface area (Å²) in [6.07, 6.45) is 1.88. The van der Waals surface area contributed by atoms with Crippen LogP contribution in [0.4, 0.5) is 4.39 Å². The van der Waals surface area contributed by atoms with Gasteiger partial charge in [0.05, 0.1) is 5.02 Å². The summed E-state index contributed by atoms with van der Waals surface area (Å²) >= 11 is 5.56. The second kappa shape index (κ2) is 4.58. The minimum atomic E-state index is -0.429. The van der Waals surface area contributed by atoms with E-state index in [0.29, 0.717) is 0 Å². The summed E-state index contributed by atoms with van der Waals surface area (Å²) in [4.78, 5) is 0. The molecule has 1 unspecified atom stereocenters. The van der Waals surface area contributed by atoms with Gasteiger partial charge in [0.25, 0.3) is 0 Å². The summed E-state index contributed by atoms with van der Waals surface area (Å²) in [5.41, 5.74) is 7.66. The number of hydrogen-bond acceptors (Lipinski definition) is 1. The number of allylic oxidation sites excluding steroid dienone is 1. The Morgan fingerprint density at radius 2 is 2.14 bits per heavy atom. The molecule has 0 saturated carbocycles. The van der Waals surface area contributed by atoms with E-state index in [9.17, 15) is 4.39 Å². The Balaban J connectivity index is 2.97. The topological polar surface area (TPSA) is 26.0 Å². The van der Waals surface area contributed by atoms with Gasteiger partial charge in [-0.15, -0.1) is 0 Å².